The minimum atomic E-state index is -3.19. The first-order valence-corrected chi connectivity index (χ1v) is 7.29. The molecule has 0 radical (unpaired) electrons. The van der Waals surface area contributed by atoms with Gasteiger partial charge in [-0.05, 0) is 12.1 Å². The van der Waals surface area contributed by atoms with Crippen LogP contribution in [0.15, 0.2) is 34.1 Å². The average Bonchev–Trinajstić information content (AvgIpc) is 2.17. The molecule has 1 unspecified atom stereocenters. The van der Waals surface area contributed by atoms with Crippen molar-refractivity contribution in [1.29, 1.82) is 0 Å². The standard InChI is InChI=1S/C10H14O3S2/c1-8(7-11)14-9-5-3-4-6-10(9)15(2,12)13/h3-6,8,11H,7H2,1-2H3. The molecular formula is C10H14O3S2. The third-order valence-electron chi connectivity index (χ3n) is 1.83. The lowest BCUT2D eigenvalue weighted by Crippen LogP contribution is -2.05. The van der Waals surface area contributed by atoms with Crippen molar-refractivity contribution in [3.63, 3.8) is 0 Å². The Kier molecular flexibility index (Phi) is 4.19. The van der Waals surface area contributed by atoms with Gasteiger partial charge in [-0.25, -0.2) is 8.42 Å². The number of rotatable bonds is 4. The van der Waals surface area contributed by atoms with Gasteiger partial charge in [0.1, 0.15) is 0 Å². The van der Waals surface area contributed by atoms with Crippen molar-refractivity contribution < 1.29 is 13.5 Å². The molecular weight excluding hydrogens is 232 g/mol. The molecule has 0 saturated carbocycles. The van der Waals surface area contributed by atoms with Crippen molar-refractivity contribution in [3.05, 3.63) is 24.3 Å². The van der Waals surface area contributed by atoms with Gasteiger partial charge in [-0.1, -0.05) is 19.1 Å². The predicted molar refractivity (Wildman–Crippen MR) is 62.0 cm³/mol. The first-order valence-electron chi connectivity index (χ1n) is 4.51. The molecule has 0 aromatic heterocycles. The van der Waals surface area contributed by atoms with Crippen LogP contribution in [0, 0.1) is 0 Å². The van der Waals surface area contributed by atoms with E-state index in [0.29, 0.717) is 9.79 Å². The number of aliphatic hydroxyl groups is 1. The van der Waals surface area contributed by atoms with Gasteiger partial charge in [-0.3, -0.25) is 0 Å². The van der Waals surface area contributed by atoms with E-state index in [-0.39, 0.29) is 11.9 Å². The summed E-state index contributed by atoms with van der Waals surface area (Å²) in [6, 6.07) is 6.83. The molecule has 0 spiro atoms. The molecule has 0 aliphatic rings. The number of aliphatic hydroxyl groups excluding tert-OH is 1. The van der Waals surface area contributed by atoms with E-state index in [1.807, 2.05) is 6.92 Å². The van der Waals surface area contributed by atoms with Crippen molar-refractivity contribution in [3.8, 4) is 0 Å². The lowest BCUT2D eigenvalue weighted by molar-refractivity contribution is 0.300. The molecule has 0 fully saturated rings. The van der Waals surface area contributed by atoms with Gasteiger partial charge >= 0.3 is 0 Å². The molecule has 1 aromatic carbocycles. The van der Waals surface area contributed by atoms with Crippen molar-refractivity contribution >= 4 is 21.6 Å². The van der Waals surface area contributed by atoms with Crippen molar-refractivity contribution in [1.82, 2.24) is 0 Å². The van der Waals surface area contributed by atoms with E-state index in [2.05, 4.69) is 0 Å². The first-order chi connectivity index (χ1) is 6.95. The summed E-state index contributed by atoms with van der Waals surface area (Å²) in [6.45, 7) is 1.88. The maximum Gasteiger partial charge on any atom is 0.176 e. The highest BCUT2D eigenvalue weighted by molar-refractivity contribution is 8.00. The summed E-state index contributed by atoms with van der Waals surface area (Å²) in [7, 11) is -3.19. The predicted octanol–water partition coefficient (Wildman–Crippen LogP) is 1.56. The van der Waals surface area contributed by atoms with E-state index < -0.39 is 9.84 Å². The summed E-state index contributed by atoms with van der Waals surface area (Å²) in [4.78, 5) is 1.02. The van der Waals surface area contributed by atoms with Gasteiger partial charge in [-0.2, -0.15) is 0 Å². The Morgan fingerprint density at radius 1 is 1.40 bits per heavy atom. The fourth-order valence-corrected chi connectivity index (χ4v) is 3.31. The van der Waals surface area contributed by atoms with Gasteiger partial charge in [0, 0.05) is 16.4 Å². The van der Waals surface area contributed by atoms with Crippen LogP contribution in [0.2, 0.25) is 0 Å². The Hall–Kier alpha value is -0.520. The Morgan fingerprint density at radius 3 is 2.53 bits per heavy atom. The number of thioether (sulfide) groups is 1. The molecule has 0 saturated heterocycles. The summed E-state index contributed by atoms with van der Waals surface area (Å²) < 4.78 is 22.9. The quantitative estimate of drug-likeness (QED) is 0.819. The van der Waals surface area contributed by atoms with Crippen molar-refractivity contribution in [2.45, 2.75) is 22.0 Å². The monoisotopic (exact) mass is 246 g/mol. The van der Waals surface area contributed by atoms with Crippen LogP contribution in [-0.2, 0) is 9.84 Å². The number of hydrogen-bond donors (Lipinski definition) is 1. The Bertz CT molecular complexity index is 426. The second kappa shape index (κ2) is 5.01. The molecule has 0 aliphatic heterocycles. The Balaban J connectivity index is 3.08. The minimum absolute atomic E-state index is 0.00657. The lowest BCUT2D eigenvalue weighted by atomic mass is 10.4. The van der Waals surface area contributed by atoms with Crippen LogP contribution in [0.1, 0.15) is 6.92 Å². The van der Waals surface area contributed by atoms with Gasteiger partial charge in [0.2, 0.25) is 0 Å². The van der Waals surface area contributed by atoms with E-state index in [1.165, 1.54) is 18.0 Å². The van der Waals surface area contributed by atoms with E-state index in [4.69, 9.17) is 5.11 Å². The molecule has 0 heterocycles. The zero-order chi connectivity index (χ0) is 11.5. The van der Waals surface area contributed by atoms with Crippen molar-refractivity contribution in [2.24, 2.45) is 0 Å². The lowest BCUT2D eigenvalue weighted by Gasteiger charge is -2.10. The number of hydrogen-bond acceptors (Lipinski definition) is 4. The summed E-state index contributed by atoms with van der Waals surface area (Å²) >= 11 is 1.37. The Morgan fingerprint density at radius 2 is 2.00 bits per heavy atom. The molecule has 0 bridgehead atoms. The van der Waals surface area contributed by atoms with Crippen LogP contribution >= 0.6 is 11.8 Å². The maximum atomic E-state index is 11.4. The highest BCUT2D eigenvalue weighted by Gasteiger charge is 2.14. The van der Waals surface area contributed by atoms with Crippen LogP contribution < -0.4 is 0 Å². The van der Waals surface area contributed by atoms with Crippen LogP contribution in [0.25, 0.3) is 0 Å². The highest BCUT2D eigenvalue weighted by Crippen LogP contribution is 2.29. The molecule has 84 valence electrons. The smallest absolute Gasteiger partial charge is 0.176 e. The second-order valence-corrected chi connectivity index (χ2v) is 6.79. The average molecular weight is 246 g/mol. The third kappa shape index (κ3) is 3.52. The van der Waals surface area contributed by atoms with Crippen LogP contribution in [0.3, 0.4) is 0 Å². The molecule has 1 rings (SSSR count). The SMILES string of the molecule is CC(CO)Sc1ccccc1S(C)(=O)=O. The maximum absolute atomic E-state index is 11.4. The van der Waals surface area contributed by atoms with E-state index in [0.717, 1.165) is 0 Å². The molecule has 3 nitrogen and oxygen atoms in total. The van der Waals surface area contributed by atoms with Crippen LogP contribution in [-0.4, -0.2) is 31.6 Å². The normalized spacial score (nSPS) is 13.8. The Labute approximate surface area is 94.4 Å². The van der Waals surface area contributed by atoms with Crippen LogP contribution in [0.4, 0.5) is 0 Å². The fourth-order valence-electron chi connectivity index (χ4n) is 1.11. The third-order valence-corrected chi connectivity index (χ3v) is 4.28. The summed E-state index contributed by atoms with van der Waals surface area (Å²) in [6.07, 6.45) is 1.19. The highest BCUT2D eigenvalue weighted by atomic mass is 32.2. The van der Waals surface area contributed by atoms with Gasteiger partial charge in [0.05, 0.1) is 11.5 Å². The molecule has 1 atom stereocenters. The zero-order valence-electron chi connectivity index (χ0n) is 8.67. The summed E-state index contributed by atoms with van der Waals surface area (Å²) in [5, 5.41) is 8.91. The molecule has 0 amide bonds. The summed E-state index contributed by atoms with van der Waals surface area (Å²) in [5.41, 5.74) is 0. The summed E-state index contributed by atoms with van der Waals surface area (Å²) in [5.74, 6) is 0. The minimum Gasteiger partial charge on any atom is -0.395 e. The van der Waals surface area contributed by atoms with E-state index in [9.17, 15) is 8.42 Å². The van der Waals surface area contributed by atoms with Gasteiger partial charge in [-0.15, -0.1) is 11.8 Å². The van der Waals surface area contributed by atoms with Gasteiger partial charge < -0.3 is 5.11 Å². The molecule has 0 aliphatic carbocycles. The van der Waals surface area contributed by atoms with Gasteiger partial charge in [0.25, 0.3) is 0 Å². The largest absolute Gasteiger partial charge is 0.395 e. The van der Waals surface area contributed by atoms with Crippen LogP contribution in [0.5, 0.6) is 0 Å². The first kappa shape index (κ1) is 12.5. The second-order valence-electron chi connectivity index (χ2n) is 3.33. The molecule has 1 aromatic rings. The fraction of sp³-hybridized carbons (Fsp3) is 0.400. The van der Waals surface area contributed by atoms with Crippen molar-refractivity contribution in [2.75, 3.05) is 12.9 Å². The molecule has 1 N–H and O–H groups in total. The number of sulfone groups is 1. The topological polar surface area (TPSA) is 54.4 Å². The van der Waals surface area contributed by atoms with E-state index >= 15 is 0 Å². The molecule has 15 heavy (non-hydrogen) atoms. The zero-order valence-corrected chi connectivity index (χ0v) is 10.3. The number of benzene rings is 1. The van der Waals surface area contributed by atoms with Gasteiger partial charge in [0.15, 0.2) is 9.84 Å². The van der Waals surface area contributed by atoms with E-state index in [1.54, 1.807) is 24.3 Å². The molecule has 5 heteroatoms.